The van der Waals surface area contributed by atoms with Gasteiger partial charge in [0, 0.05) is 15.6 Å². The molecule has 0 spiro atoms. The number of ether oxygens (including phenoxy) is 2. The van der Waals surface area contributed by atoms with Crippen molar-refractivity contribution in [3.63, 3.8) is 0 Å². The normalized spacial score (nSPS) is 14.4. The number of imide groups is 1. The number of urea groups is 1. The fraction of sp³-hybridized carbons (Fsp3) is 0.125. The molecule has 0 atom stereocenters. The Balaban J connectivity index is 1.48. The van der Waals surface area contributed by atoms with Gasteiger partial charge in [-0.2, -0.15) is 0 Å². The van der Waals surface area contributed by atoms with Crippen LogP contribution in [0.25, 0.3) is 6.08 Å². The fourth-order valence-electron chi connectivity index (χ4n) is 3.30. The number of methoxy groups -OCH3 is 1. The largest absolute Gasteiger partial charge is 0.486 e. The van der Waals surface area contributed by atoms with Crippen LogP contribution in [0.2, 0.25) is 15.1 Å². The van der Waals surface area contributed by atoms with Crippen LogP contribution in [-0.2, 0) is 22.7 Å². The average molecular weight is 615 g/mol. The van der Waals surface area contributed by atoms with Crippen molar-refractivity contribution < 1.29 is 28.3 Å². The summed E-state index contributed by atoms with van der Waals surface area (Å²) in [6, 6.07) is 10.6. The van der Waals surface area contributed by atoms with Crippen molar-refractivity contribution in [2.45, 2.75) is 13.2 Å². The first-order valence-electron chi connectivity index (χ1n) is 10.2. The molecule has 1 aliphatic rings. The third kappa shape index (κ3) is 5.70. The van der Waals surface area contributed by atoms with Gasteiger partial charge in [0.2, 0.25) is 5.76 Å². The molecule has 186 valence electrons. The molecule has 36 heavy (non-hydrogen) atoms. The second kappa shape index (κ2) is 11.0. The van der Waals surface area contributed by atoms with Crippen molar-refractivity contribution in [3.05, 3.63) is 90.3 Å². The molecule has 3 amide bonds. The number of carbonyl (C=O) groups is 3. The maximum atomic E-state index is 12.8. The Labute approximate surface area is 228 Å². The van der Waals surface area contributed by atoms with Gasteiger partial charge in [0.1, 0.15) is 18.1 Å². The number of carbonyl (C=O) groups excluding carboxylic acids is 3. The molecule has 8 nitrogen and oxygen atoms in total. The second-order valence-electron chi connectivity index (χ2n) is 7.48. The van der Waals surface area contributed by atoms with E-state index in [-0.39, 0.29) is 35.4 Å². The molecule has 2 aromatic carbocycles. The molecule has 3 aromatic rings. The maximum Gasteiger partial charge on any atom is 0.373 e. The molecular weight excluding hydrogens is 599 g/mol. The number of rotatable bonds is 7. The van der Waals surface area contributed by atoms with E-state index in [9.17, 15) is 14.4 Å². The predicted molar refractivity (Wildman–Crippen MR) is 137 cm³/mol. The van der Waals surface area contributed by atoms with Crippen molar-refractivity contribution in [3.8, 4) is 5.75 Å². The molecule has 0 saturated carbocycles. The predicted octanol–water partition coefficient (Wildman–Crippen LogP) is 6.46. The summed E-state index contributed by atoms with van der Waals surface area (Å²) in [4.78, 5) is 37.7. The molecule has 0 aliphatic carbocycles. The highest BCUT2D eigenvalue weighted by atomic mass is 79.9. The standard InChI is InChI=1S/C24H16BrCl3N2O6/c1-34-23(32)20-5-4-15(36-20)10-30-22(31)19(29-24(30)33)8-12-6-16(25)21(18(28)7-12)35-11-13-2-3-14(26)9-17(13)27/h2-9H,10-11H2,1H3,(H,29,33)/b19-8-. The summed E-state index contributed by atoms with van der Waals surface area (Å²) < 4.78 is 16.3. The SMILES string of the molecule is COC(=O)c1ccc(CN2C(=O)N/C(=C\c3cc(Cl)c(OCc4ccc(Cl)cc4Cl)c(Br)c3)C2=O)o1. The molecular formula is C24H16BrCl3N2O6. The van der Waals surface area contributed by atoms with Crippen LogP contribution in [0.4, 0.5) is 4.79 Å². The van der Waals surface area contributed by atoms with Crippen LogP contribution in [-0.4, -0.2) is 29.9 Å². The van der Waals surface area contributed by atoms with Gasteiger partial charge in [-0.1, -0.05) is 40.9 Å². The Kier molecular flexibility index (Phi) is 7.94. The Morgan fingerprint density at radius 2 is 1.89 bits per heavy atom. The van der Waals surface area contributed by atoms with Gasteiger partial charge in [-0.15, -0.1) is 0 Å². The van der Waals surface area contributed by atoms with E-state index in [0.717, 1.165) is 10.5 Å². The second-order valence-corrected chi connectivity index (χ2v) is 9.58. The molecule has 1 aromatic heterocycles. The highest BCUT2D eigenvalue weighted by molar-refractivity contribution is 9.10. The number of hydrogen-bond acceptors (Lipinski definition) is 6. The van der Waals surface area contributed by atoms with E-state index in [0.29, 0.717) is 25.8 Å². The summed E-state index contributed by atoms with van der Waals surface area (Å²) in [6.07, 6.45) is 1.48. The smallest absolute Gasteiger partial charge is 0.373 e. The lowest BCUT2D eigenvalue weighted by atomic mass is 10.1. The van der Waals surface area contributed by atoms with Crippen LogP contribution in [0.3, 0.4) is 0 Å². The Hall–Kier alpha value is -2.98. The van der Waals surface area contributed by atoms with Gasteiger partial charge in [0.05, 0.1) is 23.1 Å². The number of nitrogens with one attached hydrogen (secondary N) is 1. The number of benzene rings is 2. The molecule has 1 N–H and O–H groups in total. The molecule has 1 fully saturated rings. The molecule has 0 radical (unpaired) electrons. The number of furan rings is 1. The number of nitrogens with zero attached hydrogens (tertiary/aromatic N) is 1. The van der Waals surface area contributed by atoms with E-state index in [1.165, 1.54) is 25.3 Å². The quantitative estimate of drug-likeness (QED) is 0.186. The fourth-order valence-corrected chi connectivity index (χ4v) is 4.75. The minimum absolute atomic E-state index is 0.0320. The minimum atomic E-state index is -0.662. The third-order valence-corrected chi connectivity index (χ3v) is 6.50. The summed E-state index contributed by atoms with van der Waals surface area (Å²) in [7, 11) is 1.22. The van der Waals surface area contributed by atoms with E-state index in [2.05, 4.69) is 26.0 Å². The van der Waals surface area contributed by atoms with E-state index in [1.807, 2.05) is 0 Å². The van der Waals surface area contributed by atoms with Crippen LogP contribution in [0, 0.1) is 0 Å². The lowest BCUT2D eigenvalue weighted by Gasteiger charge is -2.12. The summed E-state index contributed by atoms with van der Waals surface area (Å²) in [5.74, 6) is -0.637. The van der Waals surface area contributed by atoms with Crippen LogP contribution < -0.4 is 10.1 Å². The Bertz CT molecular complexity index is 1380. The molecule has 4 rings (SSSR count). The third-order valence-electron chi connectivity index (χ3n) is 5.04. The van der Waals surface area contributed by atoms with Crippen molar-refractivity contribution in [1.82, 2.24) is 10.2 Å². The number of halogens is 4. The topological polar surface area (TPSA) is 98.1 Å². The van der Waals surface area contributed by atoms with Gasteiger partial charge in [-0.3, -0.25) is 9.69 Å². The molecule has 1 aliphatic heterocycles. The molecule has 0 unspecified atom stereocenters. The summed E-state index contributed by atoms with van der Waals surface area (Å²) >= 11 is 22.0. The van der Waals surface area contributed by atoms with E-state index in [1.54, 1.807) is 30.3 Å². The van der Waals surface area contributed by atoms with Crippen molar-refractivity contribution >= 4 is 74.7 Å². The van der Waals surface area contributed by atoms with Gasteiger partial charge >= 0.3 is 12.0 Å². The van der Waals surface area contributed by atoms with Crippen LogP contribution in [0.1, 0.15) is 27.4 Å². The highest BCUT2D eigenvalue weighted by Gasteiger charge is 2.34. The monoisotopic (exact) mass is 612 g/mol. The van der Waals surface area contributed by atoms with Gasteiger partial charge in [0.25, 0.3) is 5.91 Å². The number of hydrogen-bond donors (Lipinski definition) is 1. The van der Waals surface area contributed by atoms with Crippen molar-refractivity contribution in [2.24, 2.45) is 0 Å². The molecule has 2 heterocycles. The number of amides is 3. The molecule has 12 heteroatoms. The van der Waals surface area contributed by atoms with E-state index in [4.69, 9.17) is 44.0 Å². The lowest BCUT2D eigenvalue weighted by Crippen LogP contribution is -2.30. The highest BCUT2D eigenvalue weighted by Crippen LogP contribution is 2.36. The zero-order chi connectivity index (χ0) is 26.0. The van der Waals surface area contributed by atoms with Crippen LogP contribution in [0.5, 0.6) is 5.75 Å². The zero-order valence-corrected chi connectivity index (χ0v) is 22.3. The lowest BCUT2D eigenvalue weighted by molar-refractivity contribution is -0.123. The van der Waals surface area contributed by atoms with Crippen LogP contribution in [0.15, 0.2) is 57.1 Å². The van der Waals surface area contributed by atoms with E-state index >= 15 is 0 Å². The van der Waals surface area contributed by atoms with Crippen molar-refractivity contribution in [1.29, 1.82) is 0 Å². The molecule has 1 saturated heterocycles. The van der Waals surface area contributed by atoms with Crippen LogP contribution >= 0.6 is 50.7 Å². The van der Waals surface area contributed by atoms with E-state index < -0.39 is 17.9 Å². The van der Waals surface area contributed by atoms with Gasteiger partial charge < -0.3 is 19.2 Å². The van der Waals surface area contributed by atoms with Gasteiger partial charge in [0.15, 0.2) is 5.75 Å². The molecule has 0 bridgehead atoms. The average Bonchev–Trinajstić information content (AvgIpc) is 3.39. The summed E-state index contributed by atoms with van der Waals surface area (Å²) in [6.45, 7) is -0.00772. The first-order valence-corrected chi connectivity index (χ1v) is 12.2. The first kappa shape index (κ1) is 26.1. The Morgan fingerprint density at radius 1 is 1.11 bits per heavy atom. The maximum absolute atomic E-state index is 12.8. The van der Waals surface area contributed by atoms with Gasteiger partial charge in [-0.25, -0.2) is 9.59 Å². The van der Waals surface area contributed by atoms with Crippen molar-refractivity contribution in [2.75, 3.05) is 7.11 Å². The van der Waals surface area contributed by atoms with Gasteiger partial charge in [-0.05, 0) is 64.0 Å². The summed E-state index contributed by atoms with van der Waals surface area (Å²) in [5.41, 5.74) is 1.31. The zero-order valence-electron chi connectivity index (χ0n) is 18.4. The number of esters is 1. The minimum Gasteiger partial charge on any atom is -0.486 e. The summed E-state index contributed by atoms with van der Waals surface area (Å²) in [5, 5.41) is 3.78. The first-order chi connectivity index (χ1) is 17.2. The Morgan fingerprint density at radius 3 is 2.58 bits per heavy atom.